The highest BCUT2D eigenvalue weighted by Gasteiger charge is 2.61. The number of sulfonamides is 2. The molecule has 0 radical (unpaired) electrons. The molecule has 0 aliphatic carbocycles. The summed E-state index contributed by atoms with van der Waals surface area (Å²) in [6.45, 7) is 1.40. The third-order valence-corrected chi connectivity index (χ3v) is 8.73. The lowest BCUT2D eigenvalue weighted by molar-refractivity contribution is -0.0462. The number of halogens is 7. The van der Waals surface area contributed by atoms with Crippen molar-refractivity contribution in [3.63, 3.8) is 0 Å². The molecule has 16 heteroatoms. The highest BCUT2D eigenvalue weighted by Crippen LogP contribution is 2.41. The van der Waals surface area contributed by atoms with Crippen LogP contribution in [0.5, 0.6) is 0 Å². The minimum absolute atomic E-state index is 0. The summed E-state index contributed by atoms with van der Waals surface area (Å²) in [6.07, 6.45) is 2.84. The van der Waals surface area contributed by atoms with E-state index in [1.807, 2.05) is 11.9 Å². The van der Waals surface area contributed by atoms with Crippen molar-refractivity contribution in [3.8, 4) is 0 Å². The molecule has 2 heterocycles. The first kappa shape index (κ1) is 26.5. The predicted molar refractivity (Wildman–Crippen MR) is 107 cm³/mol. The lowest BCUT2D eigenvalue weighted by Gasteiger charge is -2.29. The second-order valence-corrected chi connectivity index (χ2v) is 10.9. The molecule has 0 amide bonds. The molecule has 1 fully saturated rings. The summed E-state index contributed by atoms with van der Waals surface area (Å²) in [5.74, 6) is -0.0907. The summed E-state index contributed by atoms with van der Waals surface area (Å²) in [6, 6.07) is 2.32. The molecule has 1 saturated heterocycles. The fraction of sp³-hybridized carbons (Fsp3) is 0.500. The molecule has 0 atom stereocenters. The van der Waals surface area contributed by atoms with Crippen LogP contribution in [0.25, 0.3) is 10.9 Å². The molecule has 1 aromatic carbocycles. The van der Waals surface area contributed by atoms with Gasteiger partial charge < -0.3 is 9.88 Å². The van der Waals surface area contributed by atoms with Gasteiger partial charge in [0.1, 0.15) is 0 Å². The Morgan fingerprint density at radius 3 is 1.94 bits per heavy atom. The first-order valence-electron chi connectivity index (χ1n) is 8.80. The number of nitrogens with zero attached hydrogens (tertiary/aromatic N) is 2. The third kappa shape index (κ3) is 4.52. The molecule has 1 N–H and O–H groups in total. The van der Waals surface area contributed by atoms with Crippen molar-refractivity contribution in [2.75, 3.05) is 23.8 Å². The van der Waals surface area contributed by atoms with E-state index in [0.717, 1.165) is 6.07 Å². The molecule has 0 bridgehead atoms. The van der Waals surface area contributed by atoms with Gasteiger partial charge in [-0.3, -0.25) is 0 Å². The van der Waals surface area contributed by atoms with Crippen molar-refractivity contribution < 1.29 is 43.2 Å². The molecule has 7 nitrogen and oxygen atoms in total. The van der Waals surface area contributed by atoms with E-state index in [2.05, 4.69) is 4.98 Å². The van der Waals surface area contributed by atoms with Gasteiger partial charge in [-0.05, 0) is 62.7 Å². The summed E-state index contributed by atoms with van der Waals surface area (Å²) in [5.41, 5.74) is -13.0. The van der Waals surface area contributed by atoms with Crippen LogP contribution < -0.4 is 3.71 Å². The van der Waals surface area contributed by atoms with Crippen LogP contribution in [-0.4, -0.2) is 57.9 Å². The number of H-pyrrole nitrogens is 1. The molecule has 32 heavy (non-hydrogen) atoms. The zero-order valence-electron chi connectivity index (χ0n) is 16.2. The average Bonchev–Trinajstić information content (AvgIpc) is 3.03. The van der Waals surface area contributed by atoms with Crippen LogP contribution in [0.15, 0.2) is 24.4 Å². The Kier molecular flexibility index (Phi) is 7.11. The topological polar surface area (TPSA) is 90.6 Å². The van der Waals surface area contributed by atoms with Crippen molar-refractivity contribution in [1.29, 1.82) is 0 Å². The van der Waals surface area contributed by atoms with Gasteiger partial charge in [0.25, 0.3) is 0 Å². The Hall–Kier alpha value is -1.71. The van der Waals surface area contributed by atoms with E-state index >= 15 is 0 Å². The van der Waals surface area contributed by atoms with E-state index in [1.54, 1.807) is 0 Å². The van der Waals surface area contributed by atoms with E-state index < -0.39 is 40.5 Å². The fourth-order valence-corrected chi connectivity index (χ4v) is 6.19. The summed E-state index contributed by atoms with van der Waals surface area (Å²) in [4.78, 5) is 4.87. The zero-order valence-corrected chi connectivity index (χ0v) is 18.7. The van der Waals surface area contributed by atoms with Crippen LogP contribution in [0.4, 0.5) is 32.0 Å². The lowest BCUT2D eigenvalue weighted by Crippen LogP contribution is -2.49. The van der Waals surface area contributed by atoms with E-state index in [1.165, 1.54) is 6.20 Å². The minimum atomic E-state index is -6.92. The number of hydrogen-bond acceptors (Lipinski definition) is 5. The summed E-state index contributed by atoms with van der Waals surface area (Å²) in [5, 5.41) is 0.145. The molecule has 0 saturated carbocycles. The molecule has 2 aromatic rings. The second kappa shape index (κ2) is 8.57. The van der Waals surface area contributed by atoms with Gasteiger partial charge >= 0.3 is 31.1 Å². The maximum absolute atomic E-state index is 13.1. The molecular weight excluding hydrogens is 512 g/mol. The largest absolute Gasteiger partial charge is 0.517 e. The van der Waals surface area contributed by atoms with Gasteiger partial charge in [-0.2, -0.15) is 43.2 Å². The van der Waals surface area contributed by atoms with Crippen LogP contribution in [-0.2, 0) is 20.0 Å². The van der Waals surface area contributed by atoms with Gasteiger partial charge in [0, 0.05) is 17.1 Å². The Labute approximate surface area is 185 Å². The number of fused-ring (bicyclic) bond motifs is 1. The van der Waals surface area contributed by atoms with Crippen molar-refractivity contribution in [2.45, 2.75) is 29.8 Å². The van der Waals surface area contributed by atoms with Crippen molar-refractivity contribution in [1.82, 2.24) is 9.88 Å². The molecule has 3 rings (SSSR count). The quantitative estimate of drug-likeness (QED) is 0.607. The van der Waals surface area contributed by atoms with Crippen LogP contribution in [0.1, 0.15) is 24.3 Å². The first-order chi connectivity index (χ1) is 14.1. The van der Waals surface area contributed by atoms with Crippen molar-refractivity contribution >= 4 is 49.0 Å². The summed E-state index contributed by atoms with van der Waals surface area (Å²) < 4.78 is 124. The normalized spacial score (nSPS) is 17.3. The van der Waals surface area contributed by atoms with Gasteiger partial charge in [0.15, 0.2) is 0 Å². The molecule has 0 spiro atoms. The van der Waals surface area contributed by atoms with Gasteiger partial charge in [-0.25, -0.2) is 0 Å². The van der Waals surface area contributed by atoms with Crippen molar-refractivity contribution in [2.24, 2.45) is 0 Å². The number of aromatic nitrogens is 1. The molecular formula is C16H18ClF6N3O4S2. The van der Waals surface area contributed by atoms with Gasteiger partial charge in [0.2, 0.25) is 0 Å². The minimum Gasteiger partial charge on any atom is -0.361 e. The average molecular weight is 530 g/mol. The maximum Gasteiger partial charge on any atom is 0.517 e. The zero-order chi connectivity index (χ0) is 23.4. The standard InChI is InChI=1S/C16H17F6N3O4S2.ClH/c1-24-6-4-10(5-7-24)13-9-23-14-3-2-11(8-12(13)14)25(30(26,27)15(17,18)19)31(28,29)16(20,21)22;/h2-3,8-10,23H,4-7H2,1H3;1H. The Morgan fingerprint density at radius 2 is 1.47 bits per heavy atom. The van der Waals surface area contributed by atoms with E-state index in [4.69, 9.17) is 0 Å². The fourth-order valence-electron chi connectivity index (χ4n) is 3.50. The van der Waals surface area contributed by atoms with Gasteiger partial charge in [-0.15, -0.1) is 16.1 Å². The number of alkyl halides is 6. The molecule has 0 unspecified atom stereocenters. The summed E-state index contributed by atoms with van der Waals surface area (Å²) >= 11 is 0. The highest BCUT2D eigenvalue weighted by atomic mass is 35.5. The van der Waals surface area contributed by atoms with Crippen LogP contribution >= 0.6 is 12.4 Å². The van der Waals surface area contributed by atoms with Crippen molar-refractivity contribution in [3.05, 3.63) is 30.0 Å². The number of nitrogens with one attached hydrogen (secondary N) is 1. The number of anilines is 1. The van der Waals surface area contributed by atoms with Gasteiger partial charge in [0.05, 0.1) is 5.69 Å². The SMILES string of the molecule is CN1CCC(c2c[nH]c3ccc(N(S(=O)(=O)C(F)(F)F)S(=O)(=O)C(F)(F)F)cc23)CC1.Cl. The second-order valence-electron chi connectivity index (χ2n) is 7.15. The smallest absolute Gasteiger partial charge is 0.361 e. The van der Waals surface area contributed by atoms with Crippen LogP contribution in [0, 0.1) is 0 Å². The Balaban J connectivity index is 0.00000363. The number of rotatable bonds is 4. The third-order valence-electron chi connectivity index (χ3n) is 5.09. The number of benzene rings is 1. The van der Waals surface area contributed by atoms with E-state index in [0.29, 0.717) is 49.1 Å². The predicted octanol–water partition coefficient (Wildman–Crippen LogP) is 3.90. The Bertz CT molecular complexity index is 1140. The number of piperidine rings is 1. The molecule has 1 aliphatic rings. The monoisotopic (exact) mass is 529 g/mol. The maximum atomic E-state index is 13.1. The molecule has 182 valence electrons. The number of hydrogen-bond donors (Lipinski definition) is 1. The van der Waals surface area contributed by atoms with Crippen LogP contribution in [0.2, 0.25) is 0 Å². The summed E-state index contributed by atoms with van der Waals surface area (Å²) in [7, 11) is -11.9. The number of likely N-dealkylation sites (tertiary alicyclic amines) is 1. The Morgan fingerprint density at radius 1 is 0.969 bits per heavy atom. The number of aromatic amines is 1. The first-order valence-corrected chi connectivity index (χ1v) is 11.7. The molecule has 1 aromatic heterocycles. The molecule has 1 aliphatic heterocycles. The van der Waals surface area contributed by atoms with E-state index in [-0.39, 0.29) is 23.7 Å². The van der Waals surface area contributed by atoms with Crippen LogP contribution in [0.3, 0.4) is 0 Å². The van der Waals surface area contributed by atoms with Gasteiger partial charge in [-0.1, -0.05) is 0 Å². The van der Waals surface area contributed by atoms with E-state index in [9.17, 15) is 43.2 Å². The highest BCUT2D eigenvalue weighted by molar-refractivity contribution is 8.11. The lowest BCUT2D eigenvalue weighted by atomic mass is 9.89.